The zero-order chi connectivity index (χ0) is 19.8. The fourth-order valence-electron chi connectivity index (χ4n) is 3.31. The lowest BCUT2D eigenvalue weighted by Gasteiger charge is -2.09. The quantitative estimate of drug-likeness (QED) is 0.303. The number of hydrogen-bond donors (Lipinski definition) is 0. The number of fused-ring (bicyclic) bond motifs is 1. The number of epoxide rings is 1. The van der Waals surface area contributed by atoms with Gasteiger partial charge in [-0.1, -0.05) is 60.1 Å². The number of para-hydroxylation sites is 1. The molecule has 0 bridgehead atoms. The first kappa shape index (κ1) is 18.0. The molecule has 1 unspecified atom stereocenters. The third-order valence-corrected chi connectivity index (χ3v) is 5.18. The van der Waals surface area contributed by atoms with Crippen molar-refractivity contribution in [1.82, 2.24) is 0 Å². The predicted octanol–water partition coefficient (Wildman–Crippen LogP) is 5.76. The maximum absolute atomic E-state index is 13.5. The maximum atomic E-state index is 13.5. The number of ether oxygens (including phenoxy) is 2. The summed E-state index contributed by atoms with van der Waals surface area (Å²) in [6.07, 6.45) is 0.137. The van der Waals surface area contributed by atoms with Crippen LogP contribution in [-0.4, -0.2) is 25.1 Å². The summed E-state index contributed by atoms with van der Waals surface area (Å²) in [7, 11) is 0. The van der Waals surface area contributed by atoms with Gasteiger partial charge in [0.1, 0.15) is 29.8 Å². The van der Waals surface area contributed by atoms with Gasteiger partial charge in [0.15, 0.2) is 5.78 Å². The molecule has 1 aliphatic heterocycles. The molecule has 4 aromatic rings. The fourth-order valence-corrected chi connectivity index (χ4v) is 3.55. The van der Waals surface area contributed by atoms with Crippen LogP contribution in [0, 0.1) is 0 Å². The van der Waals surface area contributed by atoms with Gasteiger partial charge in [-0.3, -0.25) is 4.79 Å². The highest BCUT2D eigenvalue weighted by Gasteiger charge is 2.25. The highest BCUT2D eigenvalue weighted by molar-refractivity contribution is 6.33. The number of ketones is 1. The molecule has 0 spiro atoms. The van der Waals surface area contributed by atoms with E-state index in [4.69, 9.17) is 25.5 Å². The lowest BCUT2D eigenvalue weighted by Crippen LogP contribution is -2.06. The Morgan fingerprint density at radius 2 is 1.79 bits per heavy atom. The fraction of sp³-hybridized carbons (Fsp3) is 0.125. The van der Waals surface area contributed by atoms with E-state index < -0.39 is 0 Å². The summed E-state index contributed by atoms with van der Waals surface area (Å²) in [6.45, 7) is 1.17. The van der Waals surface area contributed by atoms with Gasteiger partial charge in [-0.25, -0.2) is 0 Å². The summed E-state index contributed by atoms with van der Waals surface area (Å²) in [4.78, 5) is 13.5. The molecule has 1 fully saturated rings. The van der Waals surface area contributed by atoms with Crippen molar-refractivity contribution < 1.29 is 18.7 Å². The standard InChI is InChI=1S/C24H17ClO4/c25-19-12-16(10-11-21(19)28-14-17-13-27-17)23(26)22-18-8-4-5-9-20(18)29-24(22)15-6-2-1-3-7-15/h1-12,17H,13-14H2. The molecule has 0 amide bonds. The van der Waals surface area contributed by atoms with Crippen molar-refractivity contribution in [1.29, 1.82) is 0 Å². The number of carbonyl (C=O) groups is 1. The van der Waals surface area contributed by atoms with Crippen LogP contribution in [0.3, 0.4) is 0 Å². The molecule has 5 rings (SSSR count). The monoisotopic (exact) mass is 404 g/mol. The third kappa shape index (κ3) is 3.53. The topological polar surface area (TPSA) is 52.0 Å². The molecule has 1 saturated heterocycles. The summed E-state index contributed by atoms with van der Waals surface area (Å²) in [6, 6.07) is 22.3. The molecular weight excluding hydrogens is 388 g/mol. The molecule has 144 valence electrons. The van der Waals surface area contributed by atoms with Crippen LogP contribution in [-0.2, 0) is 4.74 Å². The summed E-state index contributed by atoms with van der Waals surface area (Å²) >= 11 is 6.37. The summed E-state index contributed by atoms with van der Waals surface area (Å²) < 4.78 is 16.9. The maximum Gasteiger partial charge on any atom is 0.197 e. The van der Waals surface area contributed by atoms with E-state index in [0.717, 1.165) is 10.9 Å². The van der Waals surface area contributed by atoms with E-state index >= 15 is 0 Å². The van der Waals surface area contributed by atoms with Gasteiger partial charge in [0.05, 0.1) is 17.2 Å². The summed E-state index contributed by atoms with van der Waals surface area (Å²) in [5.41, 5.74) is 2.53. The SMILES string of the molecule is O=C(c1ccc(OCC2CO2)c(Cl)c1)c1c(-c2ccccc2)oc2ccccc12. The number of rotatable bonds is 6. The Morgan fingerprint density at radius 3 is 2.55 bits per heavy atom. The van der Waals surface area contributed by atoms with Crippen molar-refractivity contribution in [2.24, 2.45) is 0 Å². The zero-order valence-electron chi connectivity index (χ0n) is 15.4. The number of benzene rings is 3. The molecule has 5 heteroatoms. The number of halogens is 1. The second-order valence-electron chi connectivity index (χ2n) is 6.91. The number of furan rings is 1. The van der Waals surface area contributed by atoms with Gasteiger partial charge >= 0.3 is 0 Å². The Morgan fingerprint density at radius 1 is 1.03 bits per heavy atom. The summed E-state index contributed by atoms with van der Waals surface area (Å²) in [5, 5.41) is 1.17. The van der Waals surface area contributed by atoms with Crippen LogP contribution >= 0.6 is 11.6 Å². The van der Waals surface area contributed by atoms with Gasteiger partial charge in [0.2, 0.25) is 0 Å². The van der Waals surface area contributed by atoms with E-state index in [0.29, 0.717) is 46.5 Å². The summed E-state index contributed by atoms with van der Waals surface area (Å²) in [5.74, 6) is 0.950. The first-order valence-electron chi connectivity index (χ1n) is 9.36. The van der Waals surface area contributed by atoms with Crippen molar-refractivity contribution in [3.8, 4) is 17.1 Å². The number of hydrogen-bond acceptors (Lipinski definition) is 4. The largest absolute Gasteiger partial charge is 0.489 e. The van der Waals surface area contributed by atoms with Gasteiger partial charge < -0.3 is 13.9 Å². The second kappa shape index (κ2) is 7.39. The molecule has 0 N–H and O–H groups in total. The Labute approximate surface area is 172 Å². The van der Waals surface area contributed by atoms with Crippen molar-refractivity contribution in [2.45, 2.75) is 6.10 Å². The third-order valence-electron chi connectivity index (χ3n) is 4.88. The zero-order valence-corrected chi connectivity index (χ0v) is 16.2. The molecule has 1 atom stereocenters. The molecule has 29 heavy (non-hydrogen) atoms. The smallest absolute Gasteiger partial charge is 0.197 e. The van der Waals surface area contributed by atoms with Crippen LogP contribution in [0.25, 0.3) is 22.3 Å². The highest BCUT2D eigenvalue weighted by atomic mass is 35.5. The van der Waals surface area contributed by atoms with Crippen LogP contribution in [0.1, 0.15) is 15.9 Å². The minimum Gasteiger partial charge on any atom is -0.489 e. The molecule has 0 saturated carbocycles. The van der Waals surface area contributed by atoms with E-state index in [-0.39, 0.29) is 11.9 Å². The molecular formula is C24H17ClO4. The molecule has 0 radical (unpaired) electrons. The molecule has 1 aliphatic rings. The molecule has 3 aromatic carbocycles. The van der Waals surface area contributed by atoms with Crippen molar-refractivity contribution >= 4 is 28.4 Å². The van der Waals surface area contributed by atoms with E-state index in [9.17, 15) is 4.79 Å². The van der Waals surface area contributed by atoms with Crippen LogP contribution in [0.5, 0.6) is 5.75 Å². The molecule has 1 aromatic heterocycles. The second-order valence-corrected chi connectivity index (χ2v) is 7.32. The van der Waals surface area contributed by atoms with Crippen LogP contribution in [0.4, 0.5) is 0 Å². The predicted molar refractivity (Wildman–Crippen MR) is 112 cm³/mol. The Balaban J connectivity index is 1.56. The average Bonchev–Trinajstić information content (AvgIpc) is 3.50. The van der Waals surface area contributed by atoms with Gasteiger partial charge in [0.25, 0.3) is 0 Å². The molecule has 2 heterocycles. The van der Waals surface area contributed by atoms with Crippen molar-refractivity contribution in [3.63, 3.8) is 0 Å². The van der Waals surface area contributed by atoms with E-state index in [1.807, 2.05) is 54.6 Å². The number of carbonyl (C=O) groups excluding carboxylic acids is 1. The van der Waals surface area contributed by atoms with Crippen molar-refractivity contribution in [2.75, 3.05) is 13.2 Å². The first-order chi connectivity index (χ1) is 14.2. The Bertz CT molecular complexity index is 1190. The van der Waals surface area contributed by atoms with Gasteiger partial charge in [-0.15, -0.1) is 0 Å². The van der Waals surface area contributed by atoms with Crippen molar-refractivity contribution in [3.05, 3.63) is 88.9 Å². The Hall–Kier alpha value is -3.08. The normalized spacial score (nSPS) is 15.4. The average molecular weight is 405 g/mol. The highest BCUT2D eigenvalue weighted by Crippen LogP contribution is 2.36. The minimum absolute atomic E-state index is 0.137. The lowest BCUT2D eigenvalue weighted by atomic mass is 9.97. The minimum atomic E-state index is -0.146. The van der Waals surface area contributed by atoms with Gasteiger partial charge in [-0.05, 0) is 24.3 Å². The lowest BCUT2D eigenvalue weighted by molar-refractivity contribution is 0.104. The van der Waals surface area contributed by atoms with Crippen LogP contribution in [0.2, 0.25) is 5.02 Å². The first-order valence-corrected chi connectivity index (χ1v) is 9.74. The van der Waals surface area contributed by atoms with Gasteiger partial charge in [0, 0.05) is 16.5 Å². The van der Waals surface area contributed by atoms with E-state index in [1.54, 1.807) is 18.2 Å². The van der Waals surface area contributed by atoms with Crippen LogP contribution < -0.4 is 4.74 Å². The molecule has 0 aliphatic carbocycles. The van der Waals surface area contributed by atoms with Gasteiger partial charge in [-0.2, -0.15) is 0 Å². The Kier molecular flexibility index (Phi) is 4.58. The van der Waals surface area contributed by atoms with Crippen LogP contribution in [0.15, 0.2) is 77.2 Å². The van der Waals surface area contributed by atoms with E-state index in [2.05, 4.69) is 0 Å². The van der Waals surface area contributed by atoms with E-state index in [1.165, 1.54) is 0 Å². The molecule has 4 nitrogen and oxygen atoms in total.